The Balaban J connectivity index is 3.53. The van der Waals surface area contributed by atoms with Crippen molar-refractivity contribution in [2.24, 2.45) is 0 Å². The van der Waals surface area contributed by atoms with Crippen molar-refractivity contribution < 1.29 is 15.0 Å². The number of amides is 1. The van der Waals surface area contributed by atoms with Crippen molar-refractivity contribution in [3.8, 4) is 0 Å². The highest BCUT2D eigenvalue weighted by atomic mass is 16.3. The van der Waals surface area contributed by atoms with Crippen molar-refractivity contribution in [2.75, 3.05) is 6.61 Å². The predicted octanol–water partition coefficient (Wildman–Crippen LogP) is 16.0. The highest BCUT2D eigenvalue weighted by molar-refractivity contribution is 5.76. The third kappa shape index (κ3) is 46.0. The highest BCUT2D eigenvalue weighted by Crippen LogP contribution is 2.15. The normalized spacial score (nSPS) is 13.9. The maximum atomic E-state index is 12.4. The van der Waals surface area contributed by atoms with Crippen LogP contribution in [0.5, 0.6) is 0 Å². The van der Waals surface area contributed by atoms with Gasteiger partial charge in [-0.15, -0.1) is 0 Å². The van der Waals surface area contributed by atoms with Crippen LogP contribution in [0.25, 0.3) is 0 Å². The molecule has 0 fully saturated rings. The van der Waals surface area contributed by atoms with Crippen LogP contribution in [0.4, 0.5) is 0 Å². The molecule has 336 valence electrons. The minimum Gasteiger partial charge on any atom is -0.394 e. The first-order chi connectivity index (χ1) is 29.2. The lowest BCUT2D eigenvalue weighted by Gasteiger charge is -2.19. The summed E-state index contributed by atoms with van der Waals surface area (Å²) in [5.41, 5.74) is 0. The lowest BCUT2D eigenvalue weighted by molar-refractivity contribution is -0.123. The number of rotatable bonds is 43. The minimum atomic E-state index is -0.865. The summed E-state index contributed by atoms with van der Waals surface area (Å²) < 4.78 is 0. The molecule has 0 saturated carbocycles. The number of allylic oxidation sites excluding steroid dienone is 17. The summed E-state index contributed by atoms with van der Waals surface area (Å²) in [6.07, 6.45) is 75.2. The van der Waals surface area contributed by atoms with Crippen LogP contribution in [0.15, 0.2) is 109 Å². The molecule has 0 spiro atoms. The third-order valence-electron chi connectivity index (χ3n) is 10.5. The first-order valence-electron chi connectivity index (χ1n) is 24.6. The van der Waals surface area contributed by atoms with E-state index in [0.717, 1.165) is 77.0 Å². The number of unbranched alkanes of at least 4 members (excludes halogenated alkanes) is 20. The lowest BCUT2D eigenvalue weighted by Crippen LogP contribution is -2.45. The van der Waals surface area contributed by atoms with E-state index in [2.05, 4.69) is 116 Å². The molecule has 0 heterocycles. The lowest BCUT2D eigenvalue weighted by atomic mass is 10.0. The molecule has 0 radical (unpaired) electrons. The SMILES string of the molecule is CC/C=C\C/C=C\C/C=C\C/C=C\C/C=C\C/C=C\C/C=C\CCCCCCCCCCCCCCCCCC(=O)NC(CO)C(O)/C=C/CC/C=C/CCCCCC. The summed E-state index contributed by atoms with van der Waals surface area (Å²) in [5.74, 6) is -0.0805. The van der Waals surface area contributed by atoms with Crippen LogP contribution in [0.3, 0.4) is 0 Å². The second-order valence-corrected chi connectivity index (χ2v) is 16.1. The van der Waals surface area contributed by atoms with E-state index in [1.54, 1.807) is 6.08 Å². The predicted molar refractivity (Wildman–Crippen MR) is 262 cm³/mol. The van der Waals surface area contributed by atoms with Crippen molar-refractivity contribution in [3.05, 3.63) is 109 Å². The van der Waals surface area contributed by atoms with Gasteiger partial charge in [0.15, 0.2) is 0 Å². The molecule has 0 aliphatic rings. The zero-order valence-corrected chi connectivity index (χ0v) is 38.5. The number of carbonyl (C=O) groups is 1. The molecule has 0 rings (SSSR count). The van der Waals surface area contributed by atoms with Crippen LogP contribution in [-0.4, -0.2) is 34.9 Å². The number of hydrogen-bond acceptors (Lipinski definition) is 3. The van der Waals surface area contributed by atoms with Gasteiger partial charge in [-0.1, -0.05) is 226 Å². The Morgan fingerprint density at radius 1 is 0.424 bits per heavy atom. The molecule has 0 aromatic carbocycles. The zero-order chi connectivity index (χ0) is 42.8. The molecule has 2 atom stereocenters. The summed E-state index contributed by atoms with van der Waals surface area (Å²) >= 11 is 0. The van der Waals surface area contributed by atoms with Crippen LogP contribution < -0.4 is 5.32 Å². The van der Waals surface area contributed by atoms with Crippen LogP contribution in [-0.2, 0) is 4.79 Å². The van der Waals surface area contributed by atoms with E-state index >= 15 is 0 Å². The first kappa shape index (κ1) is 56.0. The van der Waals surface area contributed by atoms with Crippen molar-refractivity contribution in [1.82, 2.24) is 5.32 Å². The van der Waals surface area contributed by atoms with E-state index < -0.39 is 12.1 Å². The van der Waals surface area contributed by atoms with Gasteiger partial charge in [-0.25, -0.2) is 0 Å². The maximum Gasteiger partial charge on any atom is 0.220 e. The van der Waals surface area contributed by atoms with Crippen molar-refractivity contribution in [3.63, 3.8) is 0 Å². The smallest absolute Gasteiger partial charge is 0.220 e. The van der Waals surface area contributed by atoms with E-state index in [1.165, 1.54) is 116 Å². The second-order valence-electron chi connectivity index (χ2n) is 16.1. The molecule has 1 amide bonds. The molecule has 3 N–H and O–H groups in total. The van der Waals surface area contributed by atoms with Crippen LogP contribution in [0.2, 0.25) is 0 Å². The topological polar surface area (TPSA) is 69.6 Å². The molecule has 4 nitrogen and oxygen atoms in total. The molecule has 0 bridgehead atoms. The Hall–Kier alpha value is -2.95. The standard InChI is InChI=1S/C55H93NO3/c1-3-5-7-9-11-13-15-16-17-18-19-20-21-22-23-24-25-26-27-28-29-30-31-32-33-34-35-36-37-38-39-40-41-43-45-47-49-51-55(59)56-53(52-57)54(58)50-48-46-44-42-14-12-10-8-6-4-2/h5,7,11,13-14,16-17,19-20,22-23,25-26,28-29,42,48,50,53-54,57-58H,3-4,6,8-10,12,15,18,21,24,27,30-41,43-47,49,51-52H2,1-2H3,(H,56,59)/b7-5-,13-11-,17-16-,20-19-,23-22-,26-25-,29-28-,42-14+,50-48+. The zero-order valence-electron chi connectivity index (χ0n) is 38.5. The Morgan fingerprint density at radius 2 is 0.763 bits per heavy atom. The van der Waals surface area contributed by atoms with Gasteiger partial charge < -0.3 is 15.5 Å². The Morgan fingerprint density at radius 3 is 1.19 bits per heavy atom. The van der Waals surface area contributed by atoms with Gasteiger partial charge in [-0.05, 0) is 89.9 Å². The number of aliphatic hydroxyl groups is 2. The van der Waals surface area contributed by atoms with Crippen LogP contribution in [0, 0.1) is 0 Å². The summed E-state index contributed by atoms with van der Waals surface area (Å²) in [7, 11) is 0. The summed E-state index contributed by atoms with van der Waals surface area (Å²) in [6, 6.07) is -0.642. The fourth-order valence-electron chi connectivity index (χ4n) is 6.76. The molecule has 59 heavy (non-hydrogen) atoms. The average Bonchev–Trinajstić information content (AvgIpc) is 3.24. The summed E-state index contributed by atoms with van der Waals surface area (Å²) in [6.45, 7) is 4.13. The minimum absolute atomic E-state index is 0.0805. The van der Waals surface area contributed by atoms with Gasteiger partial charge in [-0.3, -0.25) is 4.79 Å². The Bertz CT molecular complexity index is 1150. The fourth-order valence-corrected chi connectivity index (χ4v) is 6.76. The quantitative estimate of drug-likeness (QED) is 0.0424. The van der Waals surface area contributed by atoms with E-state index in [-0.39, 0.29) is 12.5 Å². The van der Waals surface area contributed by atoms with Gasteiger partial charge in [-0.2, -0.15) is 0 Å². The van der Waals surface area contributed by atoms with Gasteiger partial charge in [0.05, 0.1) is 18.8 Å². The van der Waals surface area contributed by atoms with Crippen molar-refractivity contribution in [2.45, 2.75) is 225 Å². The number of nitrogens with one attached hydrogen (secondary N) is 1. The first-order valence-corrected chi connectivity index (χ1v) is 24.6. The number of hydrogen-bond donors (Lipinski definition) is 3. The number of carbonyl (C=O) groups excluding carboxylic acids is 1. The van der Waals surface area contributed by atoms with Gasteiger partial charge >= 0.3 is 0 Å². The molecular weight excluding hydrogens is 723 g/mol. The van der Waals surface area contributed by atoms with Crippen LogP contribution in [0.1, 0.15) is 213 Å². The molecule has 2 unspecified atom stereocenters. The molecule has 0 aromatic rings. The maximum absolute atomic E-state index is 12.4. The van der Waals surface area contributed by atoms with E-state index in [1.807, 2.05) is 6.08 Å². The monoisotopic (exact) mass is 816 g/mol. The molecule has 0 aliphatic heterocycles. The Kier molecular flexibility index (Phi) is 46.9. The van der Waals surface area contributed by atoms with Crippen LogP contribution >= 0.6 is 0 Å². The molecular formula is C55H93NO3. The van der Waals surface area contributed by atoms with Crippen molar-refractivity contribution >= 4 is 5.91 Å². The van der Waals surface area contributed by atoms with E-state index in [9.17, 15) is 15.0 Å². The molecule has 0 saturated heterocycles. The van der Waals surface area contributed by atoms with Gasteiger partial charge in [0.2, 0.25) is 5.91 Å². The van der Waals surface area contributed by atoms with E-state index in [0.29, 0.717) is 6.42 Å². The largest absolute Gasteiger partial charge is 0.394 e. The average molecular weight is 816 g/mol. The summed E-state index contributed by atoms with van der Waals surface area (Å²) in [5, 5.41) is 22.9. The fraction of sp³-hybridized carbons (Fsp3) is 0.655. The third-order valence-corrected chi connectivity index (χ3v) is 10.5. The van der Waals surface area contributed by atoms with Gasteiger partial charge in [0, 0.05) is 6.42 Å². The number of aliphatic hydroxyl groups excluding tert-OH is 2. The highest BCUT2D eigenvalue weighted by Gasteiger charge is 2.17. The van der Waals surface area contributed by atoms with Crippen molar-refractivity contribution in [1.29, 1.82) is 0 Å². The van der Waals surface area contributed by atoms with Gasteiger partial charge in [0.25, 0.3) is 0 Å². The molecule has 0 aliphatic carbocycles. The summed E-state index contributed by atoms with van der Waals surface area (Å²) in [4.78, 5) is 12.4. The Labute approximate surface area is 366 Å². The second kappa shape index (κ2) is 49.4. The van der Waals surface area contributed by atoms with E-state index in [4.69, 9.17) is 0 Å². The van der Waals surface area contributed by atoms with Gasteiger partial charge in [0.1, 0.15) is 0 Å². The molecule has 0 aromatic heterocycles. The molecule has 4 heteroatoms.